The lowest BCUT2D eigenvalue weighted by Gasteiger charge is -2.08. The van der Waals surface area contributed by atoms with E-state index in [9.17, 15) is 9.59 Å². The molecule has 0 saturated carbocycles. The Morgan fingerprint density at radius 2 is 0.967 bits per heavy atom. The summed E-state index contributed by atoms with van der Waals surface area (Å²) in [6.45, 7) is 0. The van der Waals surface area contributed by atoms with Crippen molar-refractivity contribution >= 4 is 69.6 Å². The van der Waals surface area contributed by atoms with Gasteiger partial charge in [-0.15, -0.1) is 0 Å². The number of halogens is 4. The van der Waals surface area contributed by atoms with E-state index in [0.717, 1.165) is 38.5 Å². The van der Waals surface area contributed by atoms with Crippen LogP contribution in [0.3, 0.4) is 0 Å². The minimum atomic E-state index is -0.0736. The highest BCUT2D eigenvalue weighted by molar-refractivity contribution is 6.36. The summed E-state index contributed by atoms with van der Waals surface area (Å²) in [7, 11) is 0. The number of unbranched alkanes of at least 4 members (excludes halogenated alkanes) is 5. The summed E-state index contributed by atoms with van der Waals surface area (Å²) < 4.78 is 0. The van der Waals surface area contributed by atoms with Gasteiger partial charge in [-0.2, -0.15) is 0 Å². The Balaban J connectivity index is 1.52. The second-order valence-electron chi connectivity index (χ2n) is 6.97. The third-order valence-electron chi connectivity index (χ3n) is 4.46. The molecular weight excluding hydrogens is 466 g/mol. The van der Waals surface area contributed by atoms with Crippen LogP contribution in [0, 0.1) is 0 Å². The Kier molecular flexibility index (Phi) is 10.8. The third-order valence-corrected chi connectivity index (χ3v) is 5.59. The average Bonchev–Trinajstić information content (AvgIpc) is 2.69. The van der Waals surface area contributed by atoms with Gasteiger partial charge in [0.2, 0.25) is 11.8 Å². The van der Waals surface area contributed by atoms with E-state index < -0.39 is 0 Å². The Morgan fingerprint density at radius 1 is 0.600 bits per heavy atom. The van der Waals surface area contributed by atoms with Crippen LogP contribution in [0.5, 0.6) is 0 Å². The van der Waals surface area contributed by atoms with Crippen LogP contribution in [0.2, 0.25) is 20.1 Å². The molecule has 0 spiro atoms. The lowest BCUT2D eigenvalue weighted by molar-refractivity contribution is -0.117. The zero-order valence-corrected chi connectivity index (χ0v) is 19.5. The van der Waals surface area contributed by atoms with Crippen LogP contribution >= 0.6 is 46.4 Å². The van der Waals surface area contributed by atoms with Crippen LogP contribution in [-0.2, 0) is 9.59 Å². The van der Waals surface area contributed by atoms with Crippen molar-refractivity contribution in [2.45, 2.75) is 51.4 Å². The smallest absolute Gasteiger partial charge is 0.224 e. The highest BCUT2D eigenvalue weighted by atomic mass is 35.5. The molecule has 162 valence electrons. The first-order chi connectivity index (χ1) is 14.3. The number of carbonyl (C=O) groups excluding carboxylic acids is 2. The molecule has 0 radical (unpaired) electrons. The van der Waals surface area contributed by atoms with Crippen LogP contribution in [0.4, 0.5) is 11.4 Å². The molecule has 0 aliphatic heterocycles. The predicted octanol–water partition coefficient (Wildman–Crippen LogP) is 8.00. The van der Waals surface area contributed by atoms with Crippen molar-refractivity contribution in [3.8, 4) is 0 Å². The van der Waals surface area contributed by atoms with Crippen molar-refractivity contribution in [1.29, 1.82) is 0 Å². The lowest BCUT2D eigenvalue weighted by atomic mass is 10.1. The van der Waals surface area contributed by atoms with Crippen LogP contribution in [0.25, 0.3) is 0 Å². The molecule has 0 aliphatic carbocycles. The molecule has 0 unspecified atom stereocenters. The number of carbonyl (C=O) groups is 2. The van der Waals surface area contributed by atoms with E-state index in [0.29, 0.717) is 44.3 Å². The van der Waals surface area contributed by atoms with Crippen LogP contribution in [0.1, 0.15) is 51.4 Å². The van der Waals surface area contributed by atoms with Crippen molar-refractivity contribution in [3.05, 3.63) is 56.5 Å². The summed E-state index contributed by atoms with van der Waals surface area (Å²) in [5.41, 5.74) is 1.07. The second-order valence-corrected chi connectivity index (χ2v) is 8.65. The summed E-state index contributed by atoms with van der Waals surface area (Å²) >= 11 is 23.9. The molecule has 0 fully saturated rings. The molecule has 0 atom stereocenters. The zero-order valence-electron chi connectivity index (χ0n) is 16.4. The molecule has 0 bridgehead atoms. The Hall–Kier alpha value is -1.46. The molecule has 0 aromatic heterocycles. The number of nitrogens with one attached hydrogen (secondary N) is 2. The van der Waals surface area contributed by atoms with Crippen molar-refractivity contribution in [1.82, 2.24) is 0 Å². The van der Waals surface area contributed by atoms with E-state index in [-0.39, 0.29) is 11.8 Å². The zero-order chi connectivity index (χ0) is 21.9. The third kappa shape index (κ3) is 9.13. The Morgan fingerprint density at radius 3 is 1.37 bits per heavy atom. The van der Waals surface area contributed by atoms with Crippen LogP contribution in [-0.4, -0.2) is 11.8 Å². The standard InChI is InChI=1S/C22H24Cl4N2O2/c23-15-9-11-17(25)19(13-15)27-21(29)7-5-3-1-2-4-6-8-22(30)28-20-14-16(24)10-12-18(20)26/h9-14H,1-8H2,(H,27,29)(H,28,30). The molecular formula is C22H24Cl4N2O2. The molecule has 30 heavy (non-hydrogen) atoms. The Bertz CT molecular complexity index is 803. The average molecular weight is 490 g/mol. The summed E-state index contributed by atoms with van der Waals surface area (Å²) in [5, 5.41) is 7.56. The van der Waals surface area contributed by atoms with E-state index in [1.165, 1.54) is 0 Å². The first-order valence-corrected chi connectivity index (χ1v) is 11.4. The van der Waals surface area contributed by atoms with Gasteiger partial charge >= 0.3 is 0 Å². The van der Waals surface area contributed by atoms with E-state index >= 15 is 0 Å². The first-order valence-electron chi connectivity index (χ1n) is 9.85. The number of rotatable bonds is 11. The van der Waals surface area contributed by atoms with Gasteiger partial charge < -0.3 is 10.6 Å². The van der Waals surface area contributed by atoms with E-state index in [2.05, 4.69) is 10.6 Å². The minimum Gasteiger partial charge on any atom is -0.325 e. The van der Waals surface area contributed by atoms with Crippen molar-refractivity contribution in [3.63, 3.8) is 0 Å². The summed E-state index contributed by atoms with van der Waals surface area (Å²) in [6, 6.07) is 9.94. The maximum absolute atomic E-state index is 12.0. The normalized spacial score (nSPS) is 10.7. The van der Waals surface area contributed by atoms with Gasteiger partial charge in [0.05, 0.1) is 21.4 Å². The minimum absolute atomic E-state index is 0.0736. The van der Waals surface area contributed by atoms with Crippen molar-refractivity contribution in [2.24, 2.45) is 0 Å². The molecule has 0 aliphatic rings. The molecule has 8 heteroatoms. The van der Waals surface area contributed by atoms with Gasteiger partial charge in [-0.3, -0.25) is 9.59 Å². The monoisotopic (exact) mass is 488 g/mol. The molecule has 0 saturated heterocycles. The fourth-order valence-electron chi connectivity index (χ4n) is 2.89. The number of hydrogen-bond donors (Lipinski definition) is 2. The molecule has 4 nitrogen and oxygen atoms in total. The van der Waals surface area contributed by atoms with Crippen molar-refractivity contribution < 1.29 is 9.59 Å². The van der Waals surface area contributed by atoms with Gasteiger partial charge in [0.25, 0.3) is 0 Å². The van der Waals surface area contributed by atoms with Gasteiger partial charge in [0, 0.05) is 22.9 Å². The summed E-state index contributed by atoms with van der Waals surface area (Å²) in [6.07, 6.45) is 6.44. The number of benzene rings is 2. The van der Waals surface area contributed by atoms with Gasteiger partial charge in [-0.05, 0) is 49.2 Å². The predicted molar refractivity (Wildman–Crippen MR) is 127 cm³/mol. The van der Waals surface area contributed by atoms with Crippen LogP contribution in [0.15, 0.2) is 36.4 Å². The second kappa shape index (κ2) is 13.1. The fourth-order valence-corrected chi connectivity index (χ4v) is 3.56. The van der Waals surface area contributed by atoms with Crippen LogP contribution < -0.4 is 10.6 Å². The lowest BCUT2D eigenvalue weighted by Crippen LogP contribution is -2.11. The number of hydrogen-bond acceptors (Lipinski definition) is 2. The topological polar surface area (TPSA) is 58.2 Å². The molecule has 2 aromatic rings. The molecule has 2 N–H and O–H groups in total. The maximum atomic E-state index is 12.0. The maximum Gasteiger partial charge on any atom is 0.224 e. The first kappa shape index (κ1) is 24.8. The van der Waals surface area contributed by atoms with E-state index in [1.54, 1.807) is 36.4 Å². The van der Waals surface area contributed by atoms with Gasteiger partial charge in [0.15, 0.2) is 0 Å². The summed E-state index contributed by atoms with van der Waals surface area (Å²) in [5.74, 6) is -0.147. The summed E-state index contributed by atoms with van der Waals surface area (Å²) in [4.78, 5) is 24.0. The van der Waals surface area contributed by atoms with E-state index in [4.69, 9.17) is 46.4 Å². The molecule has 2 amide bonds. The largest absolute Gasteiger partial charge is 0.325 e. The highest BCUT2D eigenvalue weighted by Crippen LogP contribution is 2.26. The van der Waals surface area contributed by atoms with Gasteiger partial charge in [0.1, 0.15) is 0 Å². The SMILES string of the molecule is O=C(CCCCCCCCC(=O)Nc1cc(Cl)ccc1Cl)Nc1cc(Cl)ccc1Cl. The fraction of sp³-hybridized carbons (Fsp3) is 0.364. The molecule has 2 aromatic carbocycles. The highest BCUT2D eigenvalue weighted by Gasteiger charge is 2.08. The molecule has 0 heterocycles. The quantitative estimate of drug-likeness (QED) is 0.314. The molecule has 2 rings (SSSR count). The number of anilines is 2. The Labute approximate surface area is 197 Å². The van der Waals surface area contributed by atoms with Crippen molar-refractivity contribution in [2.75, 3.05) is 10.6 Å². The van der Waals surface area contributed by atoms with E-state index in [1.807, 2.05) is 0 Å². The van der Waals surface area contributed by atoms with Gasteiger partial charge in [-0.1, -0.05) is 72.1 Å². The number of amides is 2. The van der Waals surface area contributed by atoms with Gasteiger partial charge in [-0.25, -0.2) is 0 Å².